The maximum Gasteiger partial charge on any atom is 0.0373 e. The molecule has 2 heteroatoms. The van der Waals surface area contributed by atoms with Gasteiger partial charge in [-0.25, -0.2) is 0 Å². The minimum Gasteiger partial charge on any atom is -0.384 e. The summed E-state index contributed by atoms with van der Waals surface area (Å²) in [7, 11) is 0. The van der Waals surface area contributed by atoms with Crippen molar-refractivity contribution in [2.24, 2.45) is 0 Å². The fraction of sp³-hybridized carbons (Fsp3) is 0.200. The Morgan fingerprint density at radius 1 is 1.00 bits per heavy atom. The number of benzene rings is 2. The molecule has 1 nitrogen and oxygen atoms in total. The molecule has 2 aromatic carbocycles. The molecule has 0 unspecified atom stereocenters. The summed E-state index contributed by atoms with van der Waals surface area (Å²) in [5.41, 5.74) is 5.36. The van der Waals surface area contributed by atoms with E-state index in [4.69, 9.17) is 0 Å². The van der Waals surface area contributed by atoms with E-state index in [1.807, 2.05) is 0 Å². The van der Waals surface area contributed by atoms with Gasteiger partial charge < -0.3 is 5.32 Å². The van der Waals surface area contributed by atoms with Crippen molar-refractivity contribution in [2.45, 2.75) is 11.3 Å². The van der Waals surface area contributed by atoms with E-state index >= 15 is 0 Å². The fourth-order valence-corrected chi connectivity index (χ4v) is 2.68. The summed E-state index contributed by atoms with van der Waals surface area (Å²) < 4.78 is 0. The molecule has 86 valence electrons. The zero-order chi connectivity index (χ0) is 11.7. The van der Waals surface area contributed by atoms with E-state index in [9.17, 15) is 0 Å². The number of fused-ring (bicyclic) bond motifs is 1. The molecule has 0 radical (unpaired) electrons. The maximum atomic E-state index is 3.39. The summed E-state index contributed by atoms with van der Waals surface area (Å²) >= 11 is 1.78. The highest BCUT2D eigenvalue weighted by Crippen LogP contribution is 2.29. The molecule has 0 spiro atoms. The van der Waals surface area contributed by atoms with Crippen LogP contribution in [0.1, 0.15) is 5.56 Å². The first-order chi connectivity index (χ1) is 8.36. The van der Waals surface area contributed by atoms with Crippen molar-refractivity contribution in [2.75, 3.05) is 18.1 Å². The van der Waals surface area contributed by atoms with Crippen LogP contribution in [0.5, 0.6) is 0 Å². The molecule has 0 saturated heterocycles. The van der Waals surface area contributed by atoms with Crippen molar-refractivity contribution in [3.63, 3.8) is 0 Å². The molecule has 3 rings (SSSR count). The highest BCUT2D eigenvalue weighted by atomic mass is 32.2. The van der Waals surface area contributed by atoms with Crippen LogP contribution in [0.15, 0.2) is 47.4 Å². The average Bonchev–Trinajstić information content (AvgIpc) is 2.86. The Hall–Kier alpha value is -1.41. The van der Waals surface area contributed by atoms with E-state index < -0.39 is 0 Å². The highest BCUT2D eigenvalue weighted by molar-refractivity contribution is 7.98. The molecule has 0 amide bonds. The predicted molar refractivity (Wildman–Crippen MR) is 75.9 cm³/mol. The smallest absolute Gasteiger partial charge is 0.0373 e. The molecule has 1 heterocycles. The number of hydrogen-bond donors (Lipinski definition) is 1. The molecule has 1 N–H and O–H groups in total. The lowest BCUT2D eigenvalue weighted by Gasteiger charge is -2.06. The van der Waals surface area contributed by atoms with Crippen LogP contribution in [0, 0.1) is 0 Å². The van der Waals surface area contributed by atoms with Crippen LogP contribution < -0.4 is 5.32 Å². The average molecular weight is 241 g/mol. The Kier molecular flexibility index (Phi) is 2.81. The van der Waals surface area contributed by atoms with Gasteiger partial charge in [0.2, 0.25) is 0 Å². The SMILES string of the molecule is CSc1ccc(-c2ccc3c(c2)CCN3)cc1. The van der Waals surface area contributed by atoms with Gasteiger partial charge in [-0.2, -0.15) is 0 Å². The van der Waals surface area contributed by atoms with Gasteiger partial charge in [-0.3, -0.25) is 0 Å². The second-order valence-electron chi connectivity index (χ2n) is 4.28. The lowest BCUT2D eigenvalue weighted by molar-refractivity contribution is 1.11. The second kappa shape index (κ2) is 4.46. The van der Waals surface area contributed by atoms with Crippen LogP contribution >= 0.6 is 11.8 Å². The third-order valence-corrected chi connectivity index (χ3v) is 3.98. The first kappa shape index (κ1) is 10.7. The number of nitrogens with one attached hydrogen (secondary N) is 1. The van der Waals surface area contributed by atoms with Crippen molar-refractivity contribution in [1.82, 2.24) is 0 Å². The van der Waals surface area contributed by atoms with Gasteiger partial charge in [0.1, 0.15) is 0 Å². The van der Waals surface area contributed by atoms with Crippen LogP contribution in [0.3, 0.4) is 0 Å². The summed E-state index contributed by atoms with van der Waals surface area (Å²) in [6.07, 6.45) is 3.25. The van der Waals surface area contributed by atoms with Gasteiger partial charge >= 0.3 is 0 Å². The van der Waals surface area contributed by atoms with Crippen molar-refractivity contribution in [3.8, 4) is 11.1 Å². The first-order valence-electron chi connectivity index (χ1n) is 5.88. The lowest BCUT2D eigenvalue weighted by Crippen LogP contribution is -1.90. The topological polar surface area (TPSA) is 12.0 Å². The second-order valence-corrected chi connectivity index (χ2v) is 5.16. The summed E-state index contributed by atoms with van der Waals surface area (Å²) in [6, 6.07) is 15.5. The van der Waals surface area contributed by atoms with Gasteiger partial charge in [-0.05, 0) is 53.6 Å². The third-order valence-electron chi connectivity index (χ3n) is 3.24. The molecular weight excluding hydrogens is 226 g/mol. The third kappa shape index (κ3) is 2.05. The summed E-state index contributed by atoms with van der Waals surface area (Å²) in [4.78, 5) is 1.32. The Labute approximate surface area is 106 Å². The predicted octanol–water partition coefficient (Wildman–Crippen LogP) is 4.04. The molecule has 0 atom stereocenters. The zero-order valence-electron chi connectivity index (χ0n) is 9.86. The van der Waals surface area contributed by atoms with Gasteiger partial charge in [-0.15, -0.1) is 11.8 Å². The molecule has 0 bridgehead atoms. The molecule has 1 aliphatic rings. The fourth-order valence-electron chi connectivity index (χ4n) is 2.27. The van der Waals surface area contributed by atoms with Crippen LogP contribution in [0.2, 0.25) is 0 Å². The van der Waals surface area contributed by atoms with Gasteiger partial charge in [0.05, 0.1) is 0 Å². The minimum atomic E-state index is 1.07. The van der Waals surface area contributed by atoms with E-state index in [-0.39, 0.29) is 0 Å². The molecular formula is C15H15NS. The molecule has 1 aliphatic heterocycles. The van der Waals surface area contributed by atoms with Crippen molar-refractivity contribution in [3.05, 3.63) is 48.0 Å². The summed E-state index contributed by atoms with van der Waals surface area (Å²) in [6.45, 7) is 1.07. The number of hydrogen-bond acceptors (Lipinski definition) is 2. The van der Waals surface area contributed by atoms with Crippen LogP contribution in [0.4, 0.5) is 5.69 Å². The maximum absolute atomic E-state index is 3.39. The zero-order valence-corrected chi connectivity index (χ0v) is 10.7. The van der Waals surface area contributed by atoms with Crippen molar-refractivity contribution < 1.29 is 0 Å². The van der Waals surface area contributed by atoms with Crippen LogP contribution in [-0.4, -0.2) is 12.8 Å². The molecule has 0 fully saturated rings. The molecule has 17 heavy (non-hydrogen) atoms. The largest absolute Gasteiger partial charge is 0.384 e. The molecule has 0 saturated carbocycles. The highest BCUT2D eigenvalue weighted by Gasteiger charge is 2.10. The first-order valence-corrected chi connectivity index (χ1v) is 7.10. The van der Waals surface area contributed by atoms with E-state index in [2.05, 4.69) is 54.0 Å². The quantitative estimate of drug-likeness (QED) is 0.796. The Morgan fingerprint density at radius 2 is 1.76 bits per heavy atom. The van der Waals surface area contributed by atoms with Gasteiger partial charge in [0.15, 0.2) is 0 Å². The van der Waals surface area contributed by atoms with E-state index in [1.165, 1.54) is 27.3 Å². The molecule has 0 aliphatic carbocycles. The van der Waals surface area contributed by atoms with E-state index in [1.54, 1.807) is 11.8 Å². The summed E-state index contributed by atoms with van der Waals surface area (Å²) in [5, 5.41) is 3.39. The van der Waals surface area contributed by atoms with Crippen LogP contribution in [-0.2, 0) is 6.42 Å². The molecule has 2 aromatic rings. The standard InChI is InChI=1S/C15H15NS/c1-17-14-5-2-11(3-6-14)12-4-7-15-13(10-12)8-9-16-15/h2-7,10,16H,8-9H2,1H3. The van der Waals surface area contributed by atoms with Gasteiger partial charge in [-0.1, -0.05) is 18.2 Å². The lowest BCUT2D eigenvalue weighted by atomic mass is 10.0. The Bertz CT molecular complexity index is 531. The monoisotopic (exact) mass is 241 g/mol. The number of rotatable bonds is 2. The van der Waals surface area contributed by atoms with Gasteiger partial charge in [0, 0.05) is 17.1 Å². The Morgan fingerprint density at radius 3 is 2.53 bits per heavy atom. The van der Waals surface area contributed by atoms with E-state index in [0.717, 1.165) is 13.0 Å². The van der Waals surface area contributed by atoms with Gasteiger partial charge in [0.25, 0.3) is 0 Å². The summed E-state index contributed by atoms with van der Waals surface area (Å²) in [5.74, 6) is 0. The minimum absolute atomic E-state index is 1.07. The number of thioether (sulfide) groups is 1. The van der Waals surface area contributed by atoms with E-state index in [0.29, 0.717) is 0 Å². The molecule has 0 aromatic heterocycles. The van der Waals surface area contributed by atoms with Crippen LogP contribution in [0.25, 0.3) is 11.1 Å². The number of anilines is 1. The Balaban J connectivity index is 1.97. The normalized spacial score (nSPS) is 13.2. The van der Waals surface area contributed by atoms with Crippen molar-refractivity contribution in [1.29, 1.82) is 0 Å². The van der Waals surface area contributed by atoms with Crippen molar-refractivity contribution >= 4 is 17.4 Å².